The van der Waals surface area contributed by atoms with Crippen molar-refractivity contribution >= 4 is 28.9 Å². The van der Waals surface area contributed by atoms with E-state index >= 15 is 0 Å². The third-order valence-electron chi connectivity index (χ3n) is 3.99. The molecule has 0 fully saturated rings. The van der Waals surface area contributed by atoms with Crippen LogP contribution in [0.1, 0.15) is 36.4 Å². The monoisotopic (exact) mass is 418 g/mol. The van der Waals surface area contributed by atoms with Gasteiger partial charge in [-0.15, -0.1) is 11.3 Å². The van der Waals surface area contributed by atoms with Crippen LogP contribution in [-0.4, -0.2) is 34.7 Å². The van der Waals surface area contributed by atoms with Crippen LogP contribution >= 0.6 is 22.9 Å². The lowest BCUT2D eigenvalue weighted by molar-refractivity contribution is 0.378. The molecule has 2 heterocycles. The van der Waals surface area contributed by atoms with Crippen LogP contribution in [0, 0.1) is 0 Å². The first-order valence-electron chi connectivity index (χ1n) is 9.02. The predicted octanol–water partition coefficient (Wildman–Crippen LogP) is 3.88. The van der Waals surface area contributed by atoms with E-state index < -0.39 is 0 Å². The van der Waals surface area contributed by atoms with Crippen molar-refractivity contribution in [2.75, 3.05) is 13.6 Å². The second kappa shape index (κ2) is 9.66. The Labute approximate surface area is 173 Å². The average Bonchev–Trinajstić information content (AvgIpc) is 3.35. The van der Waals surface area contributed by atoms with E-state index in [9.17, 15) is 0 Å². The third kappa shape index (κ3) is 5.53. The Kier molecular flexibility index (Phi) is 7.00. The Bertz CT molecular complexity index is 919. The fourth-order valence-electron chi connectivity index (χ4n) is 2.41. The van der Waals surface area contributed by atoms with Gasteiger partial charge in [-0.2, -0.15) is 4.98 Å². The van der Waals surface area contributed by atoms with E-state index in [0.717, 1.165) is 16.3 Å². The Morgan fingerprint density at radius 1 is 1.21 bits per heavy atom. The number of halogens is 1. The maximum absolute atomic E-state index is 5.90. The summed E-state index contributed by atoms with van der Waals surface area (Å²) in [6, 6.07) is 7.34. The van der Waals surface area contributed by atoms with Crippen LogP contribution in [0.5, 0.6) is 0 Å². The molecule has 0 atom stereocenters. The quantitative estimate of drug-likeness (QED) is 0.447. The van der Waals surface area contributed by atoms with Gasteiger partial charge in [0, 0.05) is 36.0 Å². The minimum Gasteiger partial charge on any atom is -0.356 e. The van der Waals surface area contributed by atoms with Crippen molar-refractivity contribution in [2.24, 2.45) is 4.99 Å². The lowest BCUT2D eigenvalue weighted by Gasteiger charge is -2.09. The van der Waals surface area contributed by atoms with E-state index in [4.69, 9.17) is 16.1 Å². The van der Waals surface area contributed by atoms with Gasteiger partial charge >= 0.3 is 0 Å². The number of hydrogen-bond acceptors (Lipinski definition) is 6. The largest absolute Gasteiger partial charge is 0.356 e. The molecule has 9 heteroatoms. The number of nitrogens with zero attached hydrogens (tertiary/aromatic N) is 4. The van der Waals surface area contributed by atoms with E-state index in [1.165, 1.54) is 0 Å². The number of aliphatic imine (C=N–C) groups is 1. The minimum atomic E-state index is 0.439. The van der Waals surface area contributed by atoms with Gasteiger partial charge in [-0.25, -0.2) is 4.98 Å². The van der Waals surface area contributed by atoms with Gasteiger partial charge in [0.1, 0.15) is 5.01 Å². The molecule has 0 unspecified atom stereocenters. The second-order valence-electron chi connectivity index (χ2n) is 6.44. The minimum absolute atomic E-state index is 0.439. The Morgan fingerprint density at radius 2 is 2.00 bits per heavy atom. The van der Waals surface area contributed by atoms with Crippen LogP contribution in [0.25, 0.3) is 11.4 Å². The molecule has 0 spiro atoms. The summed E-state index contributed by atoms with van der Waals surface area (Å²) in [5.41, 5.74) is 1.99. The van der Waals surface area contributed by atoms with Crippen molar-refractivity contribution in [3.05, 3.63) is 51.3 Å². The molecule has 0 radical (unpaired) electrons. The predicted molar refractivity (Wildman–Crippen MR) is 113 cm³/mol. The second-order valence-corrected chi connectivity index (χ2v) is 7.82. The highest BCUT2D eigenvalue weighted by atomic mass is 35.5. The van der Waals surface area contributed by atoms with Crippen LogP contribution in [-0.2, 0) is 13.0 Å². The number of guanidine groups is 1. The van der Waals surface area contributed by atoms with Gasteiger partial charge in [-0.3, -0.25) is 4.99 Å². The van der Waals surface area contributed by atoms with Gasteiger partial charge in [0.05, 0.1) is 12.2 Å². The van der Waals surface area contributed by atoms with E-state index in [1.54, 1.807) is 30.5 Å². The lowest BCUT2D eigenvalue weighted by Crippen LogP contribution is -2.37. The molecule has 1 aromatic carbocycles. The summed E-state index contributed by atoms with van der Waals surface area (Å²) in [6.07, 6.45) is 0.593. The maximum atomic E-state index is 5.90. The zero-order chi connectivity index (χ0) is 19.9. The smallest absolute Gasteiger partial charge is 0.228 e. The first kappa shape index (κ1) is 20.3. The van der Waals surface area contributed by atoms with Crippen LogP contribution in [0.15, 0.2) is 39.2 Å². The average molecular weight is 419 g/mol. The summed E-state index contributed by atoms with van der Waals surface area (Å²) >= 11 is 7.56. The molecule has 0 aliphatic rings. The number of thiazole rings is 1. The molecule has 0 aliphatic carbocycles. The highest BCUT2D eigenvalue weighted by molar-refractivity contribution is 7.09. The maximum Gasteiger partial charge on any atom is 0.228 e. The van der Waals surface area contributed by atoms with Crippen LogP contribution < -0.4 is 10.6 Å². The molecule has 0 saturated heterocycles. The molecule has 3 rings (SSSR count). The number of hydrogen-bond donors (Lipinski definition) is 2. The SMILES string of the molecule is CN=C(NCCc1nc(-c2ccc(Cl)cc2)no1)NCc1nc(C(C)C)cs1. The van der Waals surface area contributed by atoms with Crippen molar-refractivity contribution in [1.29, 1.82) is 0 Å². The standard InChI is InChI=1S/C19H23ClN6OS/c1-12(2)15-11-28-17(24-15)10-23-19(21-3)22-9-8-16-25-18(26-27-16)13-4-6-14(20)7-5-13/h4-7,11-12H,8-10H2,1-3H3,(H2,21,22,23). The molecule has 3 aromatic rings. The molecule has 2 N–H and O–H groups in total. The fourth-order valence-corrected chi connectivity index (χ4v) is 3.43. The number of rotatable bonds is 7. The van der Waals surface area contributed by atoms with E-state index in [0.29, 0.717) is 48.1 Å². The summed E-state index contributed by atoms with van der Waals surface area (Å²) in [5, 5.41) is 14.3. The first-order chi connectivity index (χ1) is 13.5. The number of benzene rings is 1. The fraction of sp³-hybridized carbons (Fsp3) is 0.368. The topological polar surface area (TPSA) is 88.2 Å². The Balaban J connectivity index is 1.46. The summed E-state index contributed by atoms with van der Waals surface area (Å²) < 4.78 is 5.32. The molecule has 0 aliphatic heterocycles. The van der Waals surface area contributed by atoms with Gasteiger partial charge in [0.15, 0.2) is 5.96 Å². The Morgan fingerprint density at radius 3 is 2.68 bits per heavy atom. The lowest BCUT2D eigenvalue weighted by atomic mass is 10.2. The van der Waals surface area contributed by atoms with Crippen molar-refractivity contribution in [2.45, 2.75) is 32.7 Å². The first-order valence-corrected chi connectivity index (χ1v) is 10.3. The number of aromatic nitrogens is 3. The van der Waals surface area contributed by atoms with Gasteiger partial charge in [-0.05, 0) is 30.2 Å². The van der Waals surface area contributed by atoms with Gasteiger partial charge in [0.2, 0.25) is 11.7 Å². The molecule has 0 saturated carbocycles. The number of nitrogens with one attached hydrogen (secondary N) is 2. The van der Waals surface area contributed by atoms with Crippen molar-refractivity contribution in [3.8, 4) is 11.4 Å². The molecule has 148 valence electrons. The molecule has 0 bridgehead atoms. The van der Waals surface area contributed by atoms with Crippen LogP contribution in [0.4, 0.5) is 0 Å². The zero-order valence-electron chi connectivity index (χ0n) is 16.1. The van der Waals surface area contributed by atoms with Gasteiger partial charge in [0.25, 0.3) is 0 Å². The van der Waals surface area contributed by atoms with Crippen LogP contribution in [0.2, 0.25) is 5.02 Å². The molecule has 28 heavy (non-hydrogen) atoms. The molecule has 0 amide bonds. The zero-order valence-corrected chi connectivity index (χ0v) is 17.6. The van der Waals surface area contributed by atoms with E-state index in [1.807, 2.05) is 12.1 Å². The van der Waals surface area contributed by atoms with Gasteiger partial charge in [-0.1, -0.05) is 30.6 Å². The molecular weight excluding hydrogens is 396 g/mol. The Hall–Kier alpha value is -2.45. The molecule has 2 aromatic heterocycles. The van der Waals surface area contributed by atoms with E-state index in [-0.39, 0.29) is 0 Å². The van der Waals surface area contributed by atoms with Gasteiger partial charge < -0.3 is 15.2 Å². The summed E-state index contributed by atoms with van der Waals surface area (Å²) in [7, 11) is 1.74. The highest BCUT2D eigenvalue weighted by Crippen LogP contribution is 2.19. The van der Waals surface area contributed by atoms with Crippen LogP contribution in [0.3, 0.4) is 0 Å². The van der Waals surface area contributed by atoms with Crippen molar-refractivity contribution in [1.82, 2.24) is 25.8 Å². The molecular formula is C19H23ClN6OS. The third-order valence-corrected chi connectivity index (χ3v) is 5.11. The normalized spacial score (nSPS) is 11.8. The summed E-state index contributed by atoms with van der Waals surface area (Å²) in [5.74, 6) is 2.27. The van der Waals surface area contributed by atoms with E-state index in [2.05, 4.69) is 50.0 Å². The molecule has 7 nitrogen and oxygen atoms in total. The summed E-state index contributed by atoms with van der Waals surface area (Å²) in [6.45, 7) is 5.54. The highest BCUT2D eigenvalue weighted by Gasteiger charge is 2.09. The van der Waals surface area contributed by atoms with Crippen molar-refractivity contribution < 1.29 is 4.52 Å². The summed E-state index contributed by atoms with van der Waals surface area (Å²) in [4.78, 5) is 13.3. The van der Waals surface area contributed by atoms with Crippen molar-refractivity contribution in [3.63, 3.8) is 0 Å².